The number of nitrogens with one attached hydrogen (secondary N) is 1. The number of hydrogen-bond acceptors (Lipinski definition) is 5. The molecule has 0 aromatic carbocycles. The number of nitrogens with zero attached hydrogens (tertiary/aromatic N) is 2. The molecule has 114 valence electrons. The van der Waals surface area contributed by atoms with Gasteiger partial charge in [0.05, 0.1) is 24.4 Å². The van der Waals surface area contributed by atoms with Crippen LogP contribution in [0.1, 0.15) is 39.8 Å². The van der Waals surface area contributed by atoms with Crippen LogP contribution in [0.25, 0.3) is 0 Å². The van der Waals surface area contributed by atoms with Crippen LogP contribution in [0.5, 0.6) is 0 Å². The normalized spacial score (nSPS) is 23.6. The van der Waals surface area contributed by atoms with Crippen molar-refractivity contribution in [3.8, 4) is 0 Å². The molecule has 0 radical (unpaired) electrons. The van der Waals surface area contributed by atoms with Crippen molar-refractivity contribution in [2.45, 2.75) is 52.8 Å². The Kier molecular flexibility index (Phi) is 5.43. The molecule has 20 heavy (non-hydrogen) atoms. The van der Waals surface area contributed by atoms with E-state index in [0.717, 1.165) is 44.4 Å². The Labute approximate surface area is 121 Å². The van der Waals surface area contributed by atoms with Crippen molar-refractivity contribution in [3.63, 3.8) is 0 Å². The van der Waals surface area contributed by atoms with Gasteiger partial charge < -0.3 is 19.4 Å². The summed E-state index contributed by atoms with van der Waals surface area (Å²) in [6.07, 6.45) is 3.03. The Morgan fingerprint density at radius 3 is 3.00 bits per heavy atom. The molecule has 1 saturated heterocycles. The van der Waals surface area contributed by atoms with E-state index in [1.165, 1.54) is 0 Å². The van der Waals surface area contributed by atoms with Crippen LogP contribution in [0.4, 0.5) is 6.01 Å². The number of rotatable bonds is 6. The minimum atomic E-state index is 0.229. The van der Waals surface area contributed by atoms with Crippen molar-refractivity contribution < 1.29 is 9.15 Å². The number of hydrogen-bond donors (Lipinski definition) is 1. The van der Waals surface area contributed by atoms with Gasteiger partial charge in [-0.25, -0.2) is 0 Å². The van der Waals surface area contributed by atoms with E-state index in [0.29, 0.717) is 12.0 Å². The highest BCUT2D eigenvalue weighted by Crippen LogP contribution is 2.22. The molecular weight excluding hydrogens is 254 g/mol. The van der Waals surface area contributed by atoms with Gasteiger partial charge in [-0.15, -0.1) is 0 Å². The summed E-state index contributed by atoms with van der Waals surface area (Å²) in [5.41, 5.74) is 0.967. The first-order valence-electron chi connectivity index (χ1n) is 7.63. The highest BCUT2D eigenvalue weighted by Gasteiger charge is 2.28. The molecule has 1 aromatic heterocycles. The molecule has 2 atom stereocenters. The first kappa shape index (κ1) is 15.3. The predicted octanol–water partition coefficient (Wildman–Crippen LogP) is 2.42. The largest absolute Gasteiger partial charge is 0.432 e. The molecule has 1 aliphatic heterocycles. The number of morpholine rings is 1. The summed E-state index contributed by atoms with van der Waals surface area (Å²) in [7, 11) is 0. The van der Waals surface area contributed by atoms with Gasteiger partial charge in [0.2, 0.25) is 0 Å². The number of oxazole rings is 1. The fourth-order valence-corrected chi connectivity index (χ4v) is 2.41. The van der Waals surface area contributed by atoms with Crippen LogP contribution < -0.4 is 10.2 Å². The smallest absolute Gasteiger partial charge is 0.297 e. The van der Waals surface area contributed by atoms with Gasteiger partial charge in [0.1, 0.15) is 6.26 Å². The summed E-state index contributed by atoms with van der Waals surface area (Å²) in [4.78, 5) is 6.84. The van der Waals surface area contributed by atoms with E-state index in [9.17, 15) is 0 Å². The van der Waals surface area contributed by atoms with Crippen LogP contribution in [0, 0.1) is 5.92 Å². The fourth-order valence-electron chi connectivity index (χ4n) is 2.41. The summed E-state index contributed by atoms with van der Waals surface area (Å²) >= 11 is 0. The predicted molar refractivity (Wildman–Crippen MR) is 79.9 cm³/mol. The molecule has 0 saturated carbocycles. The third-order valence-electron chi connectivity index (χ3n) is 3.58. The molecule has 0 bridgehead atoms. The maximum atomic E-state index is 5.71. The third kappa shape index (κ3) is 3.96. The van der Waals surface area contributed by atoms with Crippen LogP contribution >= 0.6 is 0 Å². The molecule has 1 fully saturated rings. The molecule has 1 aliphatic rings. The topological polar surface area (TPSA) is 50.5 Å². The zero-order valence-corrected chi connectivity index (χ0v) is 13.1. The zero-order chi connectivity index (χ0) is 14.5. The molecule has 0 aliphatic carbocycles. The summed E-state index contributed by atoms with van der Waals surface area (Å²) in [5, 5.41) is 3.39. The number of anilines is 1. The summed E-state index contributed by atoms with van der Waals surface area (Å²) in [5.74, 6) is 0.644. The van der Waals surface area contributed by atoms with Crippen LogP contribution in [-0.4, -0.2) is 36.8 Å². The van der Waals surface area contributed by atoms with E-state index in [-0.39, 0.29) is 6.10 Å². The van der Waals surface area contributed by atoms with E-state index in [1.807, 2.05) is 0 Å². The van der Waals surface area contributed by atoms with Gasteiger partial charge in [0.15, 0.2) is 0 Å². The van der Waals surface area contributed by atoms with E-state index in [1.54, 1.807) is 6.26 Å². The molecule has 1 aromatic rings. The Balaban J connectivity index is 1.95. The van der Waals surface area contributed by atoms with Gasteiger partial charge in [-0.3, -0.25) is 0 Å². The molecule has 2 rings (SSSR count). The standard InChI is InChI=1S/C15H27N3O2/c1-5-14-10-19-12(4)8-18(14)15-17-13(9-20-15)7-16-6-11(2)3/h9,11-12,14,16H,5-8,10H2,1-4H3. The van der Waals surface area contributed by atoms with E-state index in [2.05, 4.69) is 42.9 Å². The van der Waals surface area contributed by atoms with E-state index < -0.39 is 0 Å². The first-order chi connectivity index (χ1) is 9.60. The van der Waals surface area contributed by atoms with Gasteiger partial charge in [-0.05, 0) is 25.8 Å². The maximum Gasteiger partial charge on any atom is 0.297 e. The Hall–Kier alpha value is -1.07. The van der Waals surface area contributed by atoms with Gasteiger partial charge in [0, 0.05) is 13.1 Å². The monoisotopic (exact) mass is 281 g/mol. The molecule has 2 unspecified atom stereocenters. The second-order valence-corrected chi connectivity index (χ2v) is 6.00. The Bertz CT molecular complexity index is 406. The van der Waals surface area contributed by atoms with Crippen molar-refractivity contribution in [3.05, 3.63) is 12.0 Å². The van der Waals surface area contributed by atoms with Gasteiger partial charge in [0.25, 0.3) is 6.01 Å². The van der Waals surface area contributed by atoms with E-state index >= 15 is 0 Å². The van der Waals surface area contributed by atoms with Crippen molar-refractivity contribution in [1.29, 1.82) is 0 Å². The lowest BCUT2D eigenvalue weighted by Crippen LogP contribution is -2.48. The highest BCUT2D eigenvalue weighted by molar-refractivity contribution is 5.30. The quantitative estimate of drug-likeness (QED) is 0.868. The number of aromatic nitrogens is 1. The summed E-state index contributed by atoms with van der Waals surface area (Å²) < 4.78 is 11.4. The molecule has 0 amide bonds. The van der Waals surface area contributed by atoms with Crippen molar-refractivity contribution >= 4 is 6.01 Å². The minimum absolute atomic E-state index is 0.229. The Morgan fingerprint density at radius 2 is 2.30 bits per heavy atom. The minimum Gasteiger partial charge on any atom is -0.432 e. The molecular formula is C15H27N3O2. The third-order valence-corrected chi connectivity index (χ3v) is 3.58. The van der Waals surface area contributed by atoms with Gasteiger partial charge in [-0.2, -0.15) is 4.98 Å². The SMILES string of the molecule is CCC1COC(C)CN1c1nc(CNCC(C)C)co1. The molecule has 2 heterocycles. The highest BCUT2D eigenvalue weighted by atomic mass is 16.5. The second kappa shape index (κ2) is 7.09. The van der Waals surface area contributed by atoms with Crippen LogP contribution in [0.2, 0.25) is 0 Å². The molecule has 5 heteroatoms. The zero-order valence-electron chi connectivity index (χ0n) is 13.1. The van der Waals surface area contributed by atoms with Crippen LogP contribution in [0.15, 0.2) is 10.7 Å². The number of ether oxygens (including phenoxy) is 1. The Morgan fingerprint density at radius 1 is 1.50 bits per heavy atom. The maximum absolute atomic E-state index is 5.71. The molecule has 5 nitrogen and oxygen atoms in total. The fraction of sp³-hybridized carbons (Fsp3) is 0.800. The van der Waals surface area contributed by atoms with Gasteiger partial charge >= 0.3 is 0 Å². The average molecular weight is 281 g/mol. The van der Waals surface area contributed by atoms with Crippen molar-refractivity contribution in [2.24, 2.45) is 5.92 Å². The average Bonchev–Trinajstić information content (AvgIpc) is 2.87. The first-order valence-corrected chi connectivity index (χ1v) is 7.63. The van der Waals surface area contributed by atoms with Crippen LogP contribution in [-0.2, 0) is 11.3 Å². The van der Waals surface area contributed by atoms with Crippen molar-refractivity contribution in [2.75, 3.05) is 24.6 Å². The van der Waals surface area contributed by atoms with Crippen LogP contribution in [0.3, 0.4) is 0 Å². The molecule has 0 spiro atoms. The second-order valence-electron chi connectivity index (χ2n) is 6.00. The lowest BCUT2D eigenvalue weighted by Gasteiger charge is -2.37. The van der Waals surface area contributed by atoms with Gasteiger partial charge in [-0.1, -0.05) is 20.8 Å². The lowest BCUT2D eigenvalue weighted by atomic mass is 10.1. The van der Waals surface area contributed by atoms with E-state index in [4.69, 9.17) is 9.15 Å². The summed E-state index contributed by atoms with van der Waals surface area (Å²) in [6.45, 7) is 12.0. The van der Waals surface area contributed by atoms with Crippen molar-refractivity contribution in [1.82, 2.24) is 10.3 Å². The summed E-state index contributed by atoms with van der Waals surface area (Å²) in [6, 6.07) is 1.09. The lowest BCUT2D eigenvalue weighted by molar-refractivity contribution is 0.0278. The molecule has 1 N–H and O–H groups in total.